The molecular weight excluding hydrogens is 475 g/mol. The molecule has 0 aliphatic heterocycles. The van der Waals surface area contributed by atoms with E-state index < -0.39 is 10.0 Å². The van der Waals surface area contributed by atoms with Crippen LogP contribution in [0.5, 0.6) is 0 Å². The van der Waals surface area contributed by atoms with Gasteiger partial charge in [-0.15, -0.1) is 24.0 Å². The monoisotopic (exact) mass is 508 g/mol. The first-order chi connectivity index (χ1) is 12.3. The van der Waals surface area contributed by atoms with Gasteiger partial charge in [-0.3, -0.25) is 0 Å². The number of sulfonamides is 1. The van der Waals surface area contributed by atoms with Crippen LogP contribution in [0.4, 0.5) is 0 Å². The van der Waals surface area contributed by atoms with Gasteiger partial charge in [-0.05, 0) is 49.3 Å². The lowest BCUT2D eigenvalue weighted by Crippen LogP contribution is -2.46. The number of nitrogens with one attached hydrogen (secondary N) is 2. The molecular formula is C19H33IN4O2S. The first-order valence-electron chi connectivity index (χ1n) is 9.36. The Hall–Kier alpha value is -0.870. The Morgan fingerprint density at radius 1 is 1.15 bits per heavy atom. The summed E-state index contributed by atoms with van der Waals surface area (Å²) >= 11 is 0. The minimum atomic E-state index is -3.39. The second-order valence-corrected chi connectivity index (χ2v) is 9.34. The molecule has 2 N–H and O–H groups in total. The van der Waals surface area contributed by atoms with E-state index in [0.29, 0.717) is 16.9 Å². The molecule has 1 fully saturated rings. The van der Waals surface area contributed by atoms with Crippen LogP contribution >= 0.6 is 24.0 Å². The van der Waals surface area contributed by atoms with E-state index in [1.165, 1.54) is 44.1 Å². The summed E-state index contributed by atoms with van der Waals surface area (Å²) in [6.07, 6.45) is 5.10. The summed E-state index contributed by atoms with van der Waals surface area (Å²) < 4.78 is 25.4. The molecule has 1 aliphatic rings. The highest BCUT2D eigenvalue weighted by Gasteiger charge is 2.34. The van der Waals surface area contributed by atoms with E-state index in [0.717, 1.165) is 24.6 Å². The molecule has 0 amide bonds. The number of hydrogen-bond acceptors (Lipinski definition) is 3. The van der Waals surface area contributed by atoms with Crippen LogP contribution in [0.15, 0.2) is 34.2 Å². The van der Waals surface area contributed by atoms with Gasteiger partial charge in [-0.1, -0.05) is 25.5 Å². The van der Waals surface area contributed by atoms with Crippen molar-refractivity contribution >= 4 is 40.0 Å². The van der Waals surface area contributed by atoms with E-state index in [1.807, 2.05) is 12.1 Å². The summed E-state index contributed by atoms with van der Waals surface area (Å²) in [5.41, 5.74) is 1.41. The van der Waals surface area contributed by atoms with E-state index in [9.17, 15) is 8.42 Å². The number of hydrogen-bond donors (Lipinski definition) is 2. The Kier molecular flexibility index (Phi) is 9.50. The topological polar surface area (TPSA) is 73.8 Å². The zero-order chi connectivity index (χ0) is 19.2. The first kappa shape index (κ1) is 24.2. The number of halogens is 1. The van der Waals surface area contributed by atoms with E-state index in [-0.39, 0.29) is 24.0 Å². The van der Waals surface area contributed by atoms with Crippen molar-refractivity contribution < 1.29 is 8.42 Å². The highest BCUT2D eigenvalue weighted by atomic mass is 127. The SMILES string of the molecule is CCNC(=NCc1ccc(S(=O)(=O)N(C)C)cc1)NCC1(CC)CCC1.I. The summed E-state index contributed by atoms with van der Waals surface area (Å²) in [7, 11) is -0.316. The molecule has 0 atom stereocenters. The Bertz CT molecular complexity index is 708. The van der Waals surface area contributed by atoms with Crippen LogP contribution in [0.2, 0.25) is 0 Å². The van der Waals surface area contributed by atoms with E-state index in [4.69, 9.17) is 0 Å². The number of nitrogens with zero attached hydrogens (tertiary/aromatic N) is 2. The summed E-state index contributed by atoms with van der Waals surface area (Å²) in [5, 5.41) is 6.76. The molecule has 0 unspecified atom stereocenters. The number of benzene rings is 1. The van der Waals surface area contributed by atoms with Crippen LogP contribution in [0, 0.1) is 5.41 Å². The van der Waals surface area contributed by atoms with Gasteiger partial charge < -0.3 is 10.6 Å². The van der Waals surface area contributed by atoms with Gasteiger partial charge in [-0.2, -0.15) is 0 Å². The third-order valence-electron chi connectivity index (χ3n) is 5.26. The van der Waals surface area contributed by atoms with Crippen LogP contribution in [0.1, 0.15) is 45.1 Å². The highest BCUT2D eigenvalue weighted by molar-refractivity contribution is 14.0. The predicted molar refractivity (Wildman–Crippen MR) is 122 cm³/mol. The predicted octanol–water partition coefficient (Wildman–Crippen LogP) is 3.19. The van der Waals surface area contributed by atoms with Gasteiger partial charge >= 0.3 is 0 Å². The maximum atomic E-state index is 12.1. The third kappa shape index (κ3) is 6.32. The van der Waals surface area contributed by atoms with E-state index in [2.05, 4.69) is 29.5 Å². The first-order valence-corrected chi connectivity index (χ1v) is 10.8. The zero-order valence-corrected chi connectivity index (χ0v) is 19.9. The summed E-state index contributed by atoms with van der Waals surface area (Å²) in [5.74, 6) is 0.817. The number of guanidine groups is 1. The minimum Gasteiger partial charge on any atom is -0.357 e. The molecule has 154 valence electrons. The van der Waals surface area contributed by atoms with Gasteiger partial charge in [0.25, 0.3) is 0 Å². The van der Waals surface area contributed by atoms with Gasteiger partial charge in [0.15, 0.2) is 5.96 Å². The fraction of sp³-hybridized carbons (Fsp3) is 0.632. The quantitative estimate of drug-likeness (QED) is 0.322. The van der Waals surface area contributed by atoms with Gasteiger partial charge in [0.1, 0.15) is 0 Å². The van der Waals surface area contributed by atoms with Gasteiger partial charge in [0.2, 0.25) is 10.0 Å². The Labute approximate surface area is 181 Å². The molecule has 6 nitrogen and oxygen atoms in total. The molecule has 0 radical (unpaired) electrons. The molecule has 0 saturated heterocycles. The van der Waals surface area contributed by atoms with E-state index in [1.54, 1.807) is 12.1 Å². The van der Waals surface area contributed by atoms with Gasteiger partial charge in [0, 0.05) is 27.2 Å². The van der Waals surface area contributed by atoms with Crippen LogP contribution in [-0.4, -0.2) is 45.9 Å². The molecule has 1 saturated carbocycles. The fourth-order valence-corrected chi connectivity index (χ4v) is 3.99. The van der Waals surface area contributed by atoms with Crippen LogP contribution < -0.4 is 10.6 Å². The van der Waals surface area contributed by atoms with Gasteiger partial charge in [0.05, 0.1) is 11.4 Å². The van der Waals surface area contributed by atoms with Crippen molar-refractivity contribution in [3.05, 3.63) is 29.8 Å². The standard InChI is InChI=1S/C19H32N4O2S.HI/c1-5-19(12-7-13-19)15-22-18(20-6-2)21-14-16-8-10-17(11-9-16)26(24,25)23(3)4;/h8-11H,5-7,12-15H2,1-4H3,(H2,20,21,22);1H. The zero-order valence-electron chi connectivity index (χ0n) is 16.8. The average molecular weight is 508 g/mol. The fourth-order valence-electron chi connectivity index (χ4n) is 3.09. The molecule has 1 aromatic rings. The third-order valence-corrected chi connectivity index (χ3v) is 7.09. The maximum Gasteiger partial charge on any atom is 0.242 e. The Morgan fingerprint density at radius 2 is 1.78 bits per heavy atom. The molecule has 27 heavy (non-hydrogen) atoms. The number of rotatable bonds is 8. The second-order valence-electron chi connectivity index (χ2n) is 7.19. The van der Waals surface area contributed by atoms with Crippen LogP contribution in [-0.2, 0) is 16.6 Å². The van der Waals surface area contributed by atoms with Crippen molar-refractivity contribution in [1.29, 1.82) is 0 Å². The Balaban J connectivity index is 0.00000364. The minimum absolute atomic E-state index is 0. The smallest absolute Gasteiger partial charge is 0.242 e. The average Bonchev–Trinajstić information content (AvgIpc) is 2.59. The largest absolute Gasteiger partial charge is 0.357 e. The molecule has 0 heterocycles. The summed E-state index contributed by atoms with van der Waals surface area (Å²) in [6.45, 7) is 6.59. The molecule has 1 aromatic carbocycles. The lowest BCUT2D eigenvalue weighted by molar-refractivity contribution is 0.131. The van der Waals surface area contributed by atoms with Crippen molar-refractivity contribution in [2.75, 3.05) is 27.2 Å². The summed E-state index contributed by atoms with van der Waals surface area (Å²) in [4.78, 5) is 4.94. The highest BCUT2D eigenvalue weighted by Crippen LogP contribution is 2.42. The van der Waals surface area contributed by atoms with Crippen molar-refractivity contribution in [3.63, 3.8) is 0 Å². The van der Waals surface area contributed by atoms with Crippen LogP contribution in [0.25, 0.3) is 0 Å². The molecule has 0 aromatic heterocycles. The van der Waals surface area contributed by atoms with Crippen molar-refractivity contribution in [2.24, 2.45) is 10.4 Å². The molecule has 8 heteroatoms. The molecule has 1 aliphatic carbocycles. The maximum absolute atomic E-state index is 12.1. The van der Waals surface area contributed by atoms with Crippen molar-refractivity contribution in [1.82, 2.24) is 14.9 Å². The van der Waals surface area contributed by atoms with Crippen molar-refractivity contribution in [3.8, 4) is 0 Å². The van der Waals surface area contributed by atoms with E-state index >= 15 is 0 Å². The second kappa shape index (κ2) is 10.6. The van der Waals surface area contributed by atoms with Gasteiger partial charge in [-0.25, -0.2) is 17.7 Å². The number of aliphatic imine (C=N–C) groups is 1. The lowest BCUT2D eigenvalue weighted by Gasteiger charge is -2.41. The van der Waals surface area contributed by atoms with Crippen molar-refractivity contribution in [2.45, 2.75) is 51.0 Å². The summed E-state index contributed by atoms with van der Waals surface area (Å²) in [6, 6.07) is 6.92. The molecule has 2 rings (SSSR count). The molecule has 0 spiro atoms. The van der Waals surface area contributed by atoms with Crippen LogP contribution in [0.3, 0.4) is 0 Å². The Morgan fingerprint density at radius 3 is 2.22 bits per heavy atom. The normalized spacial score (nSPS) is 16.4. The lowest BCUT2D eigenvalue weighted by atomic mass is 9.67. The molecule has 0 bridgehead atoms.